The normalized spacial score (nSPS) is 14.2. The van der Waals surface area contributed by atoms with Crippen LogP contribution in [0.1, 0.15) is 13.8 Å². The number of guanidine groups is 1. The molecule has 0 heterocycles. The highest BCUT2D eigenvalue weighted by Gasteiger charge is 2.08. The second-order valence-electron chi connectivity index (χ2n) is 5.14. The minimum absolute atomic E-state index is 0.137. The molecule has 2 unspecified atom stereocenters. The van der Waals surface area contributed by atoms with Crippen molar-refractivity contribution >= 4 is 28.6 Å². The Kier molecular flexibility index (Phi) is 9.97. The van der Waals surface area contributed by atoms with Crippen molar-refractivity contribution in [1.82, 2.24) is 10.6 Å². The van der Waals surface area contributed by atoms with Crippen molar-refractivity contribution < 1.29 is 14.6 Å². The molecule has 1 rings (SSSR count). The highest BCUT2D eigenvalue weighted by atomic mass is 127. The van der Waals surface area contributed by atoms with Gasteiger partial charge in [0.2, 0.25) is 0 Å². The van der Waals surface area contributed by atoms with Crippen LogP contribution >= 0.6 is 22.6 Å². The van der Waals surface area contributed by atoms with E-state index in [1.165, 1.54) is 0 Å². The van der Waals surface area contributed by atoms with Crippen molar-refractivity contribution in [2.45, 2.75) is 26.0 Å². The molecule has 2 atom stereocenters. The highest BCUT2D eigenvalue weighted by Crippen LogP contribution is 2.13. The molecule has 0 bridgehead atoms. The first-order chi connectivity index (χ1) is 11.0. The van der Waals surface area contributed by atoms with Crippen molar-refractivity contribution in [1.29, 1.82) is 0 Å². The molecule has 0 saturated heterocycles. The summed E-state index contributed by atoms with van der Waals surface area (Å²) in [6.07, 6.45) is -0.664. The summed E-state index contributed by atoms with van der Waals surface area (Å²) in [4.78, 5) is 4.37. The lowest BCUT2D eigenvalue weighted by molar-refractivity contribution is 0.114. The van der Waals surface area contributed by atoms with Gasteiger partial charge in [0.05, 0.1) is 13.2 Å². The molecule has 3 N–H and O–H groups in total. The predicted octanol–water partition coefficient (Wildman–Crippen LogP) is 1.62. The van der Waals surface area contributed by atoms with Gasteiger partial charge in [0.1, 0.15) is 18.5 Å². The van der Waals surface area contributed by atoms with Gasteiger partial charge in [0.15, 0.2) is 5.96 Å². The Labute approximate surface area is 151 Å². The van der Waals surface area contributed by atoms with Crippen molar-refractivity contribution in [2.24, 2.45) is 4.99 Å². The minimum atomic E-state index is -0.664. The van der Waals surface area contributed by atoms with Gasteiger partial charge in [-0.05, 0) is 60.7 Å². The van der Waals surface area contributed by atoms with E-state index < -0.39 is 6.10 Å². The van der Waals surface area contributed by atoms with Gasteiger partial charge in [0, 0.05) is 23.3 Å². The van der Waals surface area contributed by atoms with E-state index in [2.05, 4.69) is 38.2 Å². The number of rotatable bonds is 9. The lowest BCUT2D eigenvalue weighted by Crippen LogP contribution is -2.44. The third-order valence-electron chi connectivity index (χ3n) is 2.86. The minimum Gasteiger partial charge on any atom is -0.491 e. The largest absolute Gasteiger partial charge is 0.491 e. The number of nitrogens with zero attached hydrogens (tertiary/aromatic N) is 1. The average Bonchev–Trinajstić information content (AvgIpc) is 2.52. The number of benzene rings is 1. The molecule has 7 heteroatoms. The summed E-state index contributed by atoms with van der Waals surface area (Å²) in [5.74, 6) is 1.40. The molecule has 0 aliphatic heterocycles. The molecular weight excluding hydrogens is 409 g/mol. The Morgan fingerprint density at radius 1 is 1.30 bits per heavy atom. The lowest BCUT2D eigenvalue weighted by atomic mass is 10.3. The highest BCUT2D eigenvalue weighted by molar-refractivity contribution is 14.1. The number of halogens is 1. The van der Waals surface area contributed by atoms with Crippen LogP contribution in [0.4, 0.5) is 0 Å². The van der Waals surface area contributed by atoms with Gasteiger partial charge >= 0.3 is 0 Å². The fourth-order valence-corrected chi connectivity index (χ4v) is 2.18. The third kappa shape index (κ3) is 8.97. The summed E-state index contributed by atoms with van der Waals surface area (Å²) in [5.41, 5.74) is 0. The number of nitrogens with one attached hydrogen (secondary N) is 2. The van der Waals surface area contributed by atoms with Crippen LogP contribution < -0.4 is 15.4 Å². The molecule has 0 aliphatic carbocycles. The summed E-state index contributed by atoms with van der Waals surface area (Å²) in [6.45, 7) is 5.81. The molecule has 0 radical (unpaired) electrons. The maximum atomic E-state index is 10.0. The zero-order valence-electron chi connectivity index (χ0n) is 13.9. The van der Waals surface area contributed by atoms with E-state index in [1.807, 2.05) is 38.1 Å². The summed E-state index contributed by atoms with van der Waals surface area (Å²) >= 11 is 2.24. The van der Waals surface area contributed by atoms with Crippen LogP contribution in [0.2, 0.25) is 0 Å². The molecule has 0 fully saturated rings. The van der Waals surface area contributed by atoms with Crippen LogP contribution in [0.5, 0.6) is 5.75 Å². The SMILES string of the molecule is CCNC(=NCC(O)COc1ccc(I)cc1)NC(C)COC. The summed E-state index contributed by atoms with van der Waals surface area (Å²) in [6, 6.07) is 7.83. The second-order valence-corrected chi connectivity index (χ2v) is 6.38. The lowest BCUT2D eigenvalue weighted by Gasteiger charge is -2.17. The number of hydrogen-bond donors (Lipinski definition) is 3. The zero-order valence-corrected chi connectivity index (χ0v) is 16.0. The van der Waals surface area contributed by atoms with Gasteiger partial charge in [0.25, 0.3) is 0 Å². The molecule has 1 aromatic rings. The molecule has 0 aromatic heterocycles. The fourth-order valence-electron chi connectivity index (χ4n) is 1.82. The van der Waals surface area contributed by atoms with Gasteiger partial charge in [-0.1, -0.05) is 0 Å². The van der Waals surface area contributed by atoms with Gasteiger partial charge in [-0.15, -0.1) is 0 Å². The molecule has 23 heavy (non-hydrogen) atoms. The van der Waals surface area contributed by atoms with E-state index in [1.54, 1.807) is 7.11 Å². The predicted molar refractivity (Wildman–Crippen MR) is 101 cm³/mol. The van der Waals surface area contributed by atoms with E-state index in [-0.39, 0.29) is 19.2 Å². The van der Waals surface area contributed by atoms with Crippen LogP contribution in [0.3, 0.4) is 0 Å². The first kappa shape index (κ1) is 20.0. The molecule has 130 valence electrons. The Morgan fingerprint density at radius 2 is 2.00 bits per heavy atom. The Morgan fingerprint density at radius 3 is 2.61 bits per heavy atom. The number of hydrogen-bond acceptors (Lipinski definition) is 4. The maximum Gasteiger partial charge on any atom is 0.191 e. The van der Waals surface area contributed by atoms with Gasteiger partial charge in [-0.25, -0.2) is 0 Å². The van der Waals surface area contributed by atoms with Crippen molar-refractivity contribution in [3.05, 3.63) is 27.8 Å². The number of methoxy groups -OCH3 is 1. The standard InChI is InChI=1S/C16H26IN3O3/c1-4-18-16(20-12(2)10-22-3)19-9-14(21)11-23-15-7-5-13(17)6-8-15/h5-8,12,14,21H,4,9-11H2,1-3H3,(H2,18,19,20). The molecule has 1 aromatic carbocycles. The number of aliphatic imine (C=N–C) groups is 1. The van der Waals surface area contributed by atoms with Crippen LogP contribution in [0.15, 0.2) is 29.3 Å². The maximum absolute atomic E-state index is 10.0. The average molecular weight is 435 g/mol. The monoisotopic (exact) mass is 435 g/mol. The molecule has 0 saturated carbocycles. The summed E-state index contributed by atoms with van der Waals surface area (Å²) in [7, 11) is 1.66. The van der Waals surface area contributed by atoms with Gasteiger partial charge < -0.3 is 25.2 Å². The second kappa shape index (κ2) is 11.5. The topological polar surface area (TPSA) is 75.1 Å². The van der Waals surface area contributed by atoms with E-state index in [9.17, 15) is 5.11 Å². The van der Waals surface area contributed by atoms with Crippen LogP contribution in [0.25, 0.3) is 0 Å². The molecule has 6 nitrogen and oxygen atoms in total. The smallest absolute Gasteiger partial charge is 0.191 e. The first-order valence-electron chi connectivity index (χ1n) is 7.65. The summed E-state index contributed by atoms with van der Waals surface area (Å²) in [5, 5.41) is 16.4. The molecule has 0 spiro atoms. The zero-order chi connectivity index (χ0) is 17.1. The van der Waals surface area contributed by atoms with Crippen LogP contribution in [0, 0.1) is 3.57 Å². The quantitative estimate of drug-likeness (QED) is 0.312. The molecular formula is C16H26IN3O3. The summed E-state index contributed by atoms with van der Waals surface area (Å²) < 4.78 is 11.8. The van der Waals surface area contributed by atoms with Crippen molar-refractivity contribution in [3.8, 4) is 5.75 Å². The van der Waals surface area contributed by atoms with E-state index in [0.29, 0.717) is 12.6 Å². The van der Waals surface area contributed by atoms with E-state index in [4.69, 9.17) is 9.47 Å². The van der Waals surface area contributed by atoms with Gasteiger partial charge in [-0.2, -0.15) is 0 Å². The first-order valence-corrected chi connectivity index (χ1v) is 8.73. The van der Waals surface area contributed by atoms with E-state index >= 15 is 0 Å². The molecule has 0 aliphatic rings. The molecule has 0 amide bonds. The third-order valence-corrected chi connectivity index (χ3v) is 3.58. The van der Waals surface area contributed by atoms with Crippen LogP contribution in [-0.4, -0.2) is 56.6 Å². The number of aliphatic hydroxyl groups excluding tert-OH is 1. The Hall–Kier alpha value is -1.06. The fraction of sp³-hybridized carbons (Fsp3) is 0.562. The number of ether oxygens (including phenoxy) is 2. The van der Waals surface area contributed by atoms with Crippen molar-refractivity contribution in [3.63, 3.8) is 0 Å². The van der Waals surface area contributed by atoms with Crippen LogP contribution in [-0.2, 0) is 4.74 Å². The Bertz CT molecular complexity index is 468. The Balaban J connectivity index is 2.42. The van der Waals surface area contributed by atoms with Gasteiger partial charge in [-0.3, -0.25) is 4.99 Å². The number of aliphatic hydroxyl groups is 1. The van der Waals surface area contributed by atoms with Crippen molar-refractivity contribution in [2.75, 3.05) is 33.4 Å². The van der Waals surface area contributed by atoms with E-state index in [0.717, 1.165) is 15.9 Å².